The first-order valence-electron chi connectivity index (χ1n) is 13.5. The van der Waals surface area contributed by atoms with E-state index in [4.69, 9.17) is 20.0 Å². The molecule has 0 radical (unpaired) electrons. The third-order valence-electron chi connectivity index (χ3n) is 7.27. The summed E-state index contributed by atoms with van der Waals surface area (Å²) in [6.45, 7) is 2.79. The number of carbonyl (C=O) groups excluding carboxylic acids is 1. The summed E-state index contributed by atoms with van der Waals surface area (Å²) in [6, 6.07) is 20.0. The Morgan fingerprint density at radius 1 is 1.03 bits per heavy atom. The van der Waals surface area contributed by atoms with E-state index in [2.05, 4.69) is 29.3 Å². The number of amides is 1. The lowest BCUT2D eigenvalue weighted by atomic mass is 9.90. The molecule has 0 spiro atoms. The van der Waals surface area contributed by atoms with Gasteiger partial charge in [-0.25, -0.2) is 0 Å². The number of hydrogen-bond donors (Lipinski definition) is 1. The van der Waals surface area contributed by atoms with Crippen molar-refractivity contribution in [3.8, 4) is 11.5 Å². The third-order valence-corrected chi connectivity index (χ3v) is 8.34. The Morgan fingerprint density at radius 3 is 2.69 bits per heavy atom. The second kappa shape index (κ2) is 11.1. The van der Waals surface area contributed by atoms with Gasteiger partial charge in [0.1, 0.15) is 11.7 Å². The molecule has 1 fully saturated rings. The number of amidine groups is 2. The molecule has 6 rings (SSSR count). The molecule has 2 heterocycles. The van der Waals surface area contributed by atoms with Crippen LogP contribution in [0, 0.1) is 11.3 Å². The number of hydrogen-bond acceptors (Lipinski definition) is 6. The number of rotatable bonds is 7. The summed E-state index contributed by atoms with van der Waals surface area (Å²) in [4.78, 5) is 17.2. The average molecular weight is 539 g/mol. The van der Waals surface area contributed by atoms with E-state index in [-0.39, 0.29) is 11.4 Å². The van der Waals surface area contributed by atoms with Crippen LogP contribution in [0.5, 0.6) is 11.5 Å². The van der Waals surface area contributed by atoms with Crippen LogP contribution in [-0.2, 0) is 11.4 Å². The van der Waals surface area contributed by atoms with Crippen LogP contribution < -0.4 is 9.47 Å². The van der Waals surface area contributed by atoms with Crippen LogP contribution in [0.15, 0.2) is 76.3 Å². The smallest absolute Gasteiger partial charge is 0.283 e. The molecule has 3 aromatic carbocycles. The lowest BCUT2D eigenvalue weighted by molar-refractivity contribution is -0.114. The van der Waals surface area contributed by atoms with Crippen LogP contribution in [0.3, 0.4) is 0 Å². The SMILES string of the molecule is CCOc1cc(/C=C2/C(=N)N3N=C(C4CCCCC4)SC3=NC2=O)ccc1OCc1cccc2ccccc12. The summed E-state index contributed by atoms with van der Waals surface area (Å²) in [7, 11) is 0. The summed E-state index contributed by atoms with van der Waals surface area (Å²) in [5.74, 6) is 1.23. The van der Waals surface area contributed by atoms with Gasteiger partial charge >= 0.3 is 0 Å². The molecule has 0 bridgehead atoms. The van der Waals surface area contributed by atoms with E-state index in [9.17, 15) is 4.79 Å². The summed E-state index contributed by atoms with van der Waals surface area (Å²) in [5, 5.41) is 18.7. The topological polar surface area (TPSA) is 87.3 Å². The molecule has 0 aromatic heterocycles. The molecule has 8 heteroatoms. The number of hydrazone groups is 1. The highest BCUT2D eigenvalue weighted by Gasteiger charge is 2.38. The largest absolute Gasteiger partial charge is 0.490 e. The normalized spacial score (nSPS) is 18.8. The van der Waals surface area contributed by atoms with E-state index < -0.39 is 5.91 Å². The second-order valence-corrected chi connectivity index (χ2v) is 10.8. The first-order chi connectivity index (χ1) is 19.1. The molecule has 1 N–H and O–H groups in total. The first kappa shape index (κ1) is 25.4. The highest BCUT2D eigenvalue weighted by Crippen LogP contribution is 2.37. The molecule has 7 nitrogen and oxygen atoms in total. The minimum absolute atomic E-state index is 0.0533. The Bertz CT molecular complexity index is 1530. The molecular formula is C31H30N4O3S. The van der Waals surface area contributed by atoms with Gasteiger partial charge in [0, 0.05) is 5.92 Å². The van der Waals surface area contributed by atoms with Gasteiger partial charge in [-0.2, -0.15) is 15.1 Å². The molecule has 1 aliphatic carbocycles. The minimum Gasteiger partial charge on any atom is -0.490 e. The molecule has 198 valence electrons. The molecule has 0 saturated heterocycles. The minimum atomic E-state index is -0.423. The van der Waals surface area contributed by atoms with Crippen molar-refractivity contribution in [3.63, 3.8) is 0 Å². The highest BCUT2D eigenvalue weighted by molar-refractivity contribution is 8.27. The molecule has 3 aromatic rings. The summed E-state index contributed by atoms with van der Waals surface area (Å²) in [6.07, 6.45) is 7.54. The number of ether oxygens (including phenoxy) is 2. The van der Waals surface area contributed by atoms with Crippen molar-refractivity contribution in [2.45, 2.75) is 45.6 Å². The standard InChI is InChI=1S/C31H30N4O3S/c1-2-37-27-18-20(15-16-26(27)38-19-23-13-8-12-21-9-6-7-14-24(21)23)17-25-28(32)35-31(33-29(25)36)39-30(34-35)22-10-4-3-5-11-22/h6-9,12-18,22,32H,2-5,10-11,19H2,1H3/b25-17-,32-28?. The van der Waals surface area contributed by atoms with Gasteiger partial charge in [0.2, 0.25) is 5.17 Å². The highest BCUT2D eigenvalue weighted by atomic mass is 32.2. The summed E-state index contributed by atoms with van der Waals surface area (Å²) in [5.41, 5.74) is 2.03. The fourth-order valence-corrected chi connectivity index (χ4v) is 6.32. The molecule has 2 aliphatic heterocycles. The number of fused-ring (bicyclic) bond motifs is 2. The molecule has 3 aliphatic rings. The van der Waals surface area contributed by atoms with E-state index in [1.165, 1.54) is 41.4 Å². The van der Waals surface area contributed by atoms with Crippen molar-refractivity contribution in [2.75, 3.05) is 6.61 Å². The van der Waals surface area contributed by atoms with Gasteiger partial charge in [-0.05, 0) is 71.6 Å². The summed E-state index contributed by atoms with van der Waals surface area (Å²) < 4.78 is 12.1. The van der Waals surface area contributed by atoms with Crippen molar-refractivity contribution in [2.24, 2.45) is 16.0 Å². The van der Waals surface area contributed by atoms with Crippen molar-refractivity contribution in [1.29, 1.82) is 5.41 Å². The zero-order valence-electron chi connectivity index (χ0n) is 21.9. The summed E-state index contributed by atoms with van der Waals surface area (Å²) >= 11 is 1.43. The lowest BCUT2D eigenvalue weighted by Gasteiger charge is -2.20. The number of nitrogens with zero attached hydrogens (tertiary/aromatic N) is 3. The van der Waals surface area contributed by atoms with Gasteiger partial charge in [0.25, 0.3) is 5.91 Å². The number of thioether (sulfide) groups is 1. The van der Waals surface area contributed by atoms with Gasteiger partial charge in [-0.3, -0.25) is 10.2 Å². The zero-order valence-corrected chi connectivity index (χ0v) is 22.7. The van der Waals surface area contributed by atoms with Gasteiger partial charge in [-0.15, -0.1) is 0 Å². The van der Waals surface area contributed by atoms with Crippen molar-refractivity contribution in [1.82, 2.24) is 5.01 Å². The van der Waals surface area contributed by atoms with Gasteiger partial charge < -0.3 is 9.47 Å². The fraction of sp³-hybridized carbons (Fsp3) is 0.290. The molecule has 0 atom stereocenters. The number of nitrogens with one attached hydrogen (secondary N) is 1. The van der Waals surface area contributed by atoms with Crippen LogP contribution in [-0.4, -0.2) is 33.6 Å². The fourth-order valence-electron chi connectivity index (χ4n) is 5.26. The average Bonchev–Trinajstić information content (AvgIpc) is 3.40. The molecule has 0 unspecified atom stereocenters. The Balaban J connectivity index is 1.23. The monoisotopic (exact) mass is 538 g/mol. The van der Waals surface area contributed by atoms with Crippen LogP contribution in [0.25, 0.3) is 16.8 Å². The maximum absolute atomic E-state index is 12.9. The van der Waals surface area contributed by atoms with Crippen LogP contribution in [0.1, 0.15) is 50.2 Å². The first-order valence-corrected chi connectivity index (χ1v) is 14.3. The lowest BCUT2D eigenvalue weighted by Crippen LogP contribution is -2.35. The van der Waals surface area contributed by atoms with Crippen molar-refractivity contribution < 1.29 is 14.3 Å². The van der Waals surface area contributed by atoms with Gasteiger partial charge in [0.15, 0.2) is 17.3 Å². The number of aliphatic imine (C=N–C) groups is 1. The Morgan fingerprint density at radius 2 is 1.85 bits per heavy atom. The number of benzene rings is 3. The van der Waals surface area contributed by atoms with Gasteiger partial charge in [0.05, 0.1) is 12.2 Å². The predicted molar refractivity (Wildman–Crippen MR) is 157 cm³/mol. The van der Waals surface area contributed by atoms with Crippen molar-refractivity contribution >= 4 is 50.6 Å². The molecule has 1 saturated carbocycles. The maximum atomic E-state index is 12.9. The van der Waals surface area contributed by atoms with E-state index >= 15 is 0 Å². The van der Waals surface area contributed by atoms with E-state index in [0.29, 0.717) is 35.8 Å². The molecule has 1 amide bonds. The Kier molecular flexibility index (Phi) is 7.20. The maximum Gasteiger partial charge on any atom is 0.283 e. The van der Waals surface area contributed by atoms with Crippen LogP contribution in [0.4, 0.5) is 0 Å². The quantitative estimate of drug-likeness (QED) is 0.327. The zero-order chi connectivity index (χ0) is 26.8. The van der Waals surface area contributed by atoms with Gasteiger partial charge in [-0.1, -0.05) is 67.8 Å². The number of carbonyl (C=O) groups is 1. The predicted octanol–water partition coefficient (Wildman–Crippen LogP) is 7.02. The van der Waals surface area contributed by atoms with E-state index in [1.54, 1.807) is 6.08 Å². The molecular weight excluding hydrogens is 508 g/mol. The van der Waals surface area contributed by atoms with E-state index in [1.807, 2.05) is 43.3 Å². The van der Waals surface area contributed by atoms with Crippen LogP contribution in [0.2, 0.25) is 0 Å². The molecule has 39 heavy (non-hydrogen) atoms. The van der Waals surface area contributed by atoms with Crippen molar-refractivity contribution in [3.05, 3.63) is 77.4 Å². The van der Waals surface area contributed by atoms with Crippen LogP contribution >= 0.6 is 11.8 Å². The Labute approximate surface area is 232 Å². The Hall–Kier alpha value is -3.91. The van der Waals surface area contributed by atoms with E-state index in [0.717, 1.165) is 34.4 Å². The second-order valence-electron chi connectivity index (χ2n) is 9.86. The third kappa shape index (κ3) is 5.21.